The molecule has 4 nitrogen and oxygen atoms in total. The third-order valence-corrected chi connectivity index (χ3v) is 8.16. The Morgan fingerprint density at radius 1 is 1.24 bits per heavy atom. The van der Waals surface area contributed by atoms with Crippen LogP contribution in [0.25, 0.3) is 0 Å². The molecule has 0 aromatic heterocycles. The minimum atomic E-state index is 0.113. The van der Waals surface area contributed by atoms with E-state index in [2.05, 4.69) is 40.3 Å². The van der Waals surface area contributed by atoms with Gasteiger partial charge in [-0.05, 0) is 48.6 Å². The molecule has 2 bridgehead atoms. The van der Waals surface area contributed by atoms with E-state index in [1.165, 1.54) is 24.1 Å². The van der Waals surface area contributed by atoms with Crippen molar-refractivity contribution in [1.82, 2.24) is 4.90 Å². The zero-order chi connectivity index (χ0) is 16.3. The molecule has 4 heteroatoms. The molecule has 0 unspecified atom stereocenters. The second-order valence-corrected chi connectivity index (χ2v) is 8.76. The van der Waals surface area contributed by atoms with Crippen LogP contribution >= 0.6 is 0 Å². The molecule has 7 rings (SSSR count). The van der Waals surface area contributed by atoms with E-state index in [1.807, 2.05) is 0 Å². The summed E-state index contributed by atoms with van der Waals surface area (Å²) in [5.74, 6) is 1.35. The number of piperidine rings is 1. The summed E-state index contributed by atoms with van der Waals surface area (Å²) >= 11 is 0. The molecule has 5 aliphatic heterocycles. The predicted molar refractivity (Wildman–Crippen MR) is 93.2 cm³/mol. The van der Waals surface area contributed by atoms with Crippen LogP contribution in [0.3, 0.4) is 0 Å². The van der Waals surface area contributed by atoms with Gasteiger partial charge in [0, 0.05) is 29.6 Å². The monoisotopic (exact) mass is 334 g/mol. The van der Waals surface area contributed by atoms with Gasteiger partial charge < -0.3 is 14.5 Å². The van der Waals surface area contributed by atoms with Gasteiger partial charge in [-0.25, -0.2) is 0 Å². The lowest BCUT2D eigenvalue weighted by Crippen LogP contribution is -2.68. The number of anilines is 1. The molecule has 128 valence electrons. The third-order valence-electron chi connectivity index (χ3n) is 8.16. The topological polar surface area (TPSA) is 32.8 Å². The fourth-order valence-electron chi connectivity index (χ4n) is 7.46. The van der Waals surface area contributed by atoms with E-state index < -0.39 is 0 Å². The van der Waals surface area contributed by atoms with Crippen LogP contribution in [0, 0.1) is 11.8 Å². The van der Waals surface area contributed by atoms with Crippen LogP contribution in [-0.4, -0.2) is 42.1 Å². The Morgan fingerprint density at radius 3 is 3.12 bits per heavy atom. The normalized spacial score (nSPS) is 45.2. The van der Waals surface area contributed by atoms with Gasteiger partial charge in [-0.1, -0.05) is 18.2 Å². The van der Waals surface area contributed by atoms with Gasteiger partial charge in [-0.3, -0.25) is 4.79 Å². The highest BCUT2D eigenvalue weighted by molar-refractivity contribution is 5.99. The van der Waals surface area contributed by atoms with Gasteiger partial charge >= 0.3 is 0 Å². The van der Waals surface area contributed by atoms with E-state index in [0.717, 1.165) is 19.6 Å². The van der Waals surface area contributed by atoms with Crippen molar-refractivity contribution in [3.8, 4) is 0 Å². The quantitative estimate of drug-likeness (QED) is 0.731. The smallest absolute Gasteiger partial charge is 0.229 e. The first-order valence-corrected chi connectivity index (χ1v) is 9.78. The minimum Gasteiger partial charge on any atom is -0.377 e. The fourth-order valence-corrected chi connectivity index (χ4v) is 7.46. The summed E-state index contributed by atoms with van der Waals surface area (Å²) in [6.07, 6.45) is 6.62. The van der Waals surface area contributed by atoms with Gasteiger partial charge in [0.15, 0.2) is 0 Å². The molecule has 5 heterocycles. The summed E-state index contributed by atoms with van der Waals surface area (Å²) in [5.41, 5.74) is 4.32. The van der Waals surface area contributed by atoms with E-state index in [-0.39, 0.29) is 17.4 Å². The Hall–Kier alpha value is -1.81. The second-order valence-electron chi connectivity index (χ2n) is 8.76. The molecular weight excluding hydrogens is 312 g/mol. The van der Waals surface area contributed by atoms with Crippen LogP contribution in [0.15, 0.2) is 36.0 Å². The standard InChI is InChI=1S/C21H22N2O2/c24-18-10-16-19-13-9-17-21(6-7-22(17)11-12(13)5-8-25-16)14-3-1-2-4-15(14)23(18)20(19)21/h1-4,11,13,16-17,19-20H,5-10H2/t13-,16-,17+,19-,20-,21-/m0/s1. The first kappa shape index (κ1) is 13.4. The summed E-state index contributed by atoms with van der Waals surface area (Å²) in [7, 11) is 0. The molecule has 0 N–H and O–H groups in total. The van der Waals surface area contributed by atoms with Gasteiger partial charge in [0.2, 0.25) is 5.91 Å². The number of para-hydroxylation sites is 1. The highest BCUT2D eigenvalue weighted by Crippen LogP contribution is 2.65. The number of carbonyl (C=O) groups is 1. The van der Waals surface area contributed by atoms with Gasteiger partial charge in [0.1, 0.15) is 0 Å². The fraction of sp³-hybridized carbons (Fsp3) is 0.571. The van der Waals surface area contributed by atoms with E-state index in [1.54, 1.807) is 5.57 Å². The molecule has 1 spiro atoms. The van der Waals surface area contributed by atoms with Crippen molar-refractivity contribution >= 4 is 11.6 Å². The number of benzene rings is 1. The van der Waals surface area contributed by atoms with E-state index in [0.29, 0.717) is 30.3 Å². The molecule has 25 heavy (non-hydrogen) atoms. The average molecular weight is 334 g/mol. The lowest BCUT2D eigenvalue weighted by molar-refractivity contribution is -0.131. The van der Waals surface area contributed by atoms with Crippen molar-refractivity contribution in [1.29, 1.82) is 0 Å². The van der Waals surface area contributed by atoms with Crippen molar-refractivity contribution in [2.45, 2.75) is 49.3 Å². The Kier molecular flexibility index (Phi) is 2.21. The van der Waals surface area contributed by atoms with Crippen LogP contribution < -0.4 is 4.90 Å². The molecular formula is C21H22N2O2. The molecule has 1 aromatic rings. The van der Waals surface area contributed by atoms with E-state index >= 15 is 0 Å². The highest BCUT2D eigenvalue weighted by Gasteiger charge is 2.70. The lowest BCUT2D eigenvalue weighted by atomic mass is 9.54. The van der Waals surface area contributed by atoms with E-state index in [4.69, 9.17) is 4.74 Å². The van der Waals surface area contributed by atoms with Crippen molar-refractivity contribution in [3.63, 3.8) is 0 Å². The maximum Gasteiger partial charge on any atom is 0.229 e. The first-order valence-electron chi connectivity index (χ1n) is 9.78. The second kappa shape index (κ2) is 4.12. The average Bonchev–Trinajstić information content (AvgIpc) is 3.10. The number of hydrogen-bond acceptors (Lipinski definition) is 3. The van der Waals surface area contributed by atoms with Gasteiger partial charge in [-0.15, -0.1) is 0 Å². The molecule has 6 atom stereocenters. The molecule has 1 amide bonds. The Labute approximate surface area is 147 Å². The Balaban J connectivity index is 1.56. The molecule has 1 aromatic carbocycles. The van der Waals surface area contributed by atoms with Crippen LogP contribution in [-0.2, 0) is 14.9 Å². The molecule has 4 fully saturated rings. The zero-order valence-corrected chi connectivity index (χ0v) is 14.2. The summed E-state index contributed by atoms with van der Waals surface area (Å²) in [6, 6.07) is 9.59. The van der Waals surface area contributed by atoms with Crippen molar-refractivity contribution < 1.29 is 9.53 Å². The first-order chi connectivity index (χ1) is 12.3. The predicted octanol–water partition coefficient (Wildman–Crippen LogP) is 2.44. The Morgan fingerprint density at radius 2 is 2.16 bits per heavy atom. The SMILES string of the molecule is O=C1C[C@@H]2OCCC3=CN4CC[C@@]56c7ccccc7N1[C@H]5[C@H]2[C@H]3C[C@@H]46. The van der Waals surface area contributed by atoms with Gasteiger partial charge in [0.05, 0.1) is 25.2 Å². The number of carbonyl (C=O) groups excluding carboxylic acids is 1. The summed E-state index contributed by atoms with van der Waals surface area (Å²) in [4.78, 5) is 18.0. The summed E-state index contributed by atoms with van der Waals surface area (Å²) < 4.78 is 6.29. The van der Waals surface area contributed by atoms with Crippen LogP contribution in [0.4, 0.5) is 5.69 Å². The zero-order valence-electron chi connectivity index (χ0n) is 14.2. The molecule has 0 radical (unpaired) electrons. The number of rotatable bonds is 0. The number of fused-ring (bicyclic) bond motifs is 2. The third kappa shape index (κ3) is 1.31. The van der Waals surface area contributed by atoms with Crippen LogP contribution in [0.1, 0.15) is 31.2 Å². The molecule has 6 aliphatic rings. The maximum atomic E-state index is 13.2. The molecule has 1 saturated carbocycles. The van der Waals surface area contributed by atoms with Crippen LogP contribution in [0.2, 0.25) is 0 Å². The van der Waals surface area contributed by atoms with Crippen molar-refractivity contribution in [2.75, 3.05) is 18.1 Å². The molecule has 1 aliphatic carbocycles. The lowest BCUT2D eigenvalue weighted by Gasteiger charge is -2.57. The summed E-state index contributed by atoms with van der Waals surface area (Å²) in [6.45, 7) is 1.91. The molecule has 3 saturated heterocycles. The van der Waals surface area contributed by atoms with E-state index in [9.17, 15) is 4.79 Å². The highest BCUT2D eigenvalue weighted by atomic mass is 16.5. The number of amides is 1. The Bertz CT molecular complexity index is 848. The van der Waals surface area contributed by atoms with Gasteiger partial charge in [-0.2, -0.15) is 0 Å². The minimum absolute atomic E-state index is 0.113. The van der Waals surface area contributed by atoms with Gasteiger partial charge in [0.25, 0.3) is 0 Å². The van der Waals surface area contributed by atoms with Crippen LogP contribution in [0.5, 0.6) is 0 Å². The number of nitrogens with zero attached hydrogens (tertiary/aromatic N) is 2. The number of ether oxygens (including phenoxy) is 1. The van der Waals surface area contributed by atoms with Crippen molar-refractivity contribution in [2.24, 2.45) is 11.8 Å². The largest absolute Gasteiger partial charge is 0.377 e. The van der Waals surface area contributed by atoms with Crippen molar-refractivity contribution in [3.05, 3.63) is 41.6 Å². The number of hydrogen-bond donors (Lipinski definition) is 0. The maximum absolute atomic E-state index is 13.2. The summed E-state index contributed by atoms with van der Waals surface area (Å²) in [5, 5.41) is 0.